The Kier molecular flexibility index (Phi) is 6.13. The minimum atomic E-state index is -0.440. The topological polar surface area (TPSA) is 75.2 Å². The third-order valence-corrected chi connectivity index (χ3v) is 6.07. The first-order valence-electron chi connectivity index (χ1n) is 9.84. The van der Waals surface area contributed by atoms with Crippen molar-refractivity contribution in [1.82, 2.24) is 15.1 Å². The molecule has 3 aromatic rings. The molecule has 1 fully saturated rings. The van der Waals surface area contributed by atoms with Gasteiger partial charge in [-0.25, -0.2) is 4.39 Å². The first-order chi connectivity index (χ1) is 14.6. The van der Waals surface area contributed by atoms with E-state index in [1.54, 1.807) is 6.07 Å². The second kappa shape index (κ2) is 9.13. The Balaban J connectivity index is 1.40. The van der Waals surface area contributed by atoms with Crippen LogP contribution in [0.3, 0.4) is 0 Å². The van der Waals surface area contributed by atoms with Crippen LogP contribution in [0.15, 0.2) is 54.6 Å². The predicted octanol–water partition coefficient (Wildman–Crippen LogP) is 4.23. The fourth-order valence-electron chi connectivity index (χ4n) is 3.57. The molecule has 2 heterocycles. The van der Waals surface area contributed by atoms with E-state index in [0.717, 1.165) is 18.4 Å². The Hall–Kier alpha value is -3.13. The van der Waals surface area contributed by atoms with Gasteiger partial charge in [-0.15, -0.1) is 10.2 Å². The van der Waals surface area contributed by atoms with Crippen molar-refractivity contribution in [2.24, 2.45) is 0 Å². The predicted molar refractivity (Wildman–Crippen MR) is 113 cm³/mol. The summed E-state index contributed by atoms with van der Waals surface area (Å²) in [7, 11) is 0. The van der Waals surface area contributed by atoms with E-state index in [4.69, 9.17) is 0 Å². The van der Waals surface area contributed by atoms with E-state index in [1.165, 1.54) is 29.5 Å². The van der Waals surface area contributed by atoms with Crippen molar-refractivity contribution in [3.8, 4) is 0 Å². The maximum Gasteiger partial charge on any atom is 0.286 e. The Morgan fingerprint density at radius 2 is 1.97 bits per heavy atom. The zero-order chi connectivity index (χ0) is 20.9. The molecular formula is C22H21FN4O2S. The molecule has 1 atom stereocenters. The smallest absolute Gasteiger partial charge is 0.286 e. The Bertz CT molecular complexity index is 1040. The molecule has 2 amide bonds. The molecule has 0 aliphatic carbocycles. The minimum absolute atomic E-state index is 0.0855. The average Bonchev–Trinajstić information content (AvgIpc) is 3.42. The van der Waals surface area contributed by atoms with Crippen molar-refractivity contribution < 1.29 is 14.0 Å². The lowest BCUT2D eigenvalue weighted by atomic mass is 10.1. The first-order valence-corrected chi connectivity index (χ1v) is 10.7. The van der Waals surface area contributed by atoms with Crippen LogP contribution in [0.4, 0.5) is 10.1 Å². The first kappa shape index (κ1) is 20.2. The Morgan fingerprint density at radius 3 is 2.77 bits per heavy atom. The number of anilines is 1. The lowest BCUT2D eigenvalue weighted by molar-refractivity contribution is -0.132. The molecule has 1 aromatic heterocycles. The fraction of sp³-hybridized carbons (Fsp3) is 0.273. The van der Waals surface area contributed by atoms with E-state index in [1.807, 2.05) is 35.2 Å². The lowest BCUT2D eigenvalue weighted by Gasteiger charge is -2.22. The van der Waals surface area contributed by atoms with E-state index in [-0.39, 0.29) is 17.0 Å². The molecule has 154 valence electrons. The van der Waals surface area contributed by atoms with Crippen molar-refractivity contribution in [3.05, 3.63) is 76.0 Å². The average molecular weight is 425 g/mol. The number of likely N-dealkylation sites (tertiary alicyclic amines) is 1. The summed E-state index contributed by atoms with van der Waals surface area (Å²) in [5.74, 6) is -0.784. The summed E-state index contributed by atoms with van der Waals surface area (Å²) in [6, 6.07) is 15.5. The maximum absolute atomic E-state index is 13.3. The van der Waals surface area contributed by atoms with Crippen LogP contribution < -0.4 is 5.32 Å². The fourth-order valence-corrected chi connectivity index (χ4v) is 4.46. The quantitative estimate of drug-likeness (QED) is 0.643. The van der Waals surface area contributed by atoms with Gasteiger partial charge in [0.2, 0.25) is 10.9 Å². The number of rotatable bonds is 6. The van der Waals surface area contributed by atoms with Gasteiger partial charge in [0.1, 0.15) is 10.8 Å². The summed E-state index contributed by atoms with van der Waals surface area (Å²) in [5, 5.41) is 11.6. The number of nitrogens with one attached hydrogen (secondary N) is 1. The van der Waals surface area contributed by atoms with Crippen molar-refractivity contribution in [1.29, 1.82) is 0 Å². The highest BCUT2D eigenvalue weighted by molar-refractivity contribution is 7.13. The zero-order valence-electron chi connectivity index (χ0n) is 16.3. The molecule has 4 rings (SSSR count). The number of hydrogen-bond donors (Lipinski definition) is 1. The molecule has 0 radical (unpaired) electrons. The number of aromatic nitrogens is 2. The monoisotopic (exact) mass is 424 g/mol. The molecule has 0 bridgehead atoms. The minimum Gasteiger partial charge on any atom is -0.333 e. The van der Waals surface area contributed by atoms with Crippen molar-refractivity contribution in [2.75, 3.05) is 11.9 Å². The van der Waals surface area contributed by atoms with E-state index in [9.17, 15) is 14.0 Å². The summed E-state index contributed by atoms with van der Waals surface area (Å²) >= 11 is 1.18. The normalized spacial score (nSPS) is 15.9. The summed E-state index contributed by atoms with van der Waals surface area (Å²) in [6.45, 7) is 0.683. The van der Waals surface area contributed by atoms with E-state index in [0.29, 0.717) is 30.1 Å². The molecule has 1 aliphatic heterocycles. The number of hydrogen-bond acceptors (Lipinski definition) is 5. The van der Waals surface area contributed by atoms with Crippen molar-refractivity contribution in [2.45, 2.75) is 31.7 Å². The number of nitrogens with zero attached hydrogens (tertiary/aromatic N) is 3. The molecule has 1 N–H and O–H groups in total. The van der Waals surface area contributed by atoms with Crippen LogP contribution in [0.1, 0.15) is 45.7 Å². The number of halogens is 1. The molecular weight excluding hydrogens is 403 g/mol. The maximum atomic E-state index is 13.3. The van der Waals surface area contributed by atoms with E-state index >= 15 is 0 Å². The van der Waals surface area contributed by atoms with Gasteiger partial charge in [-0.05, 0) is 43.0 Å². The third-order valence-electron chi connectivity index (χ3n) is 5.05. The van der Waals surface area contributed by atoms with Gasteiger partial charge in [0.25, 0.3) is 5.91 Å². The third kappa shape index (κ3) is 4.71. The van der Waals surface area contributed by atoms with E-state index < -0.39 is 11.7 Å². The standard InChI is InChI=1S/C22H21FN4O2S/c23-16-8-4-9-17(14-16)24-20(29)22-26-25-21(30-22)18-10-5-13-27(18)19(28)12-11-15-6-2-1-3-7-15/h1-4,6-9,14,18H,5,10-13H2,(H,24,29). The van der Waals surface area contributed by atoms with Gasteiger partial charge < -0.3 is 10.2 Å². The molecule has 0 saturated carbocycles. The van der Waals surface area contributed by atoms with Gasteiger partial charge in [0.05, 0.1) is 6.04 Å². The molecule has 1 unspecified atom stereocenters. The van der Waals surface area contributed by atoms with Gasteiger partial charge in [0.15, 0.2) is 0 Å². The van der Waals surface area contributed by atoms with Gasteiger partial charge in [0, 0.05) is 18.7 Å². The number of benzene rings is 2. The number of carbonyl (C=O) groups is 2. The molecule has 0 spiro atoms. The largest absolute Gasteiger partial charge is 0.333 e. The van der Waals surface area contributed by atoms with Crippen LogP contribution in [0.25, 0.3) is 0 Å². The highest BCUT2D eigenvalue weighted by atomic mass is 32.1. The van der Waals surface area contributed by atoms with E-state index in [2.05, 4.69) is 15.5 Å². The van der Waals surface area contributed by atoms with Crippen LogP contribution in [0, 0.1) is 5.82 Å². The summed E-state index contributed by atoms with van der Waals surface area (Å²) in [4.78, 5) is 27.1. The lowest BCUT2D eigenvalue weighted by Crippen LogP contribution is -2.30. The van der Waals surface area contributed by atoms with Crippen LogP contribution in [0.5, 0.6) is 0 Å². The van der Waals surface area contributed by atoms with Gasteiger partial charge >= 0.3 is 0 Å². The highest BCUT2D eigenvalue weighted by Crippen LogP contribution is 2.34. The van der Waals surface area contributed by atoms with Gasteiger partial charge in [-0.2, -0.15) is 0 Å². The second-order valence-electron chi connectivity index (χ2n) is 7.14. The van der Waals surface area contributed by atoms with Gasteiger partial charge in [-0.3, -0.25) is 9.59 Å². The van der Waals surface area contributed by atoms with Crippen molar-refractivity contribution in [3.63, 3.8) is 0 Å². The Labute approximate surface area is 177 Å². The summed E-state index contributed by atoms with van der Waals surface area (Å²) in [5.41, 5.74) is 1.49. The van der Waals surface area contributed by atoms with Crippen LogP contribution in [-0.4, -0.2) is 33.5 Å². The van der Waals surface area contributed by atoms with Crippen LogP contribution in [0.2, 0.25) is 0 Å². The summed E-state index contributed by atoms with van der Waals surface area (Å²) in [6.07, 6.45) is 2.83. The SMILES string of the molecule is O=C(Nc1cccc(F)c1)c1nnc(C2CCCN2C(=O)CCc2ccccc2)s1. The number of amides is 2. The molecule has 1 saturated heterocycles. The van der Waals surface area contributed by atoms with Crippen LogP contribution in [-0.2, 0) is 11.2 Å². The molecule has 2 aromatic carbocycles. The highest BCUT2D eigenvalue weighted by Gasteiger charge is 2.32. The molecule has 6 nitrogen and oxygen atoms in total. The zero-order valence-corrected chi connectivity index (χ0v) is 17.1. The molecule has 8 heteroatoms. The Morgan fingerprint density at radius 1 is 1.13 bits per heavy atom. The summed E-state index contributed by atoms with van der Waals surface area (Å²) < 4.78 is 13.3. The molecule has 1 aliphatic rings. The van der Waals surface area contributed by atoms with Gasteiger partial charge in [-0.1, -0.05) is 47.7 Å². The van der Waals surface area contributed by atoms with Crippen LogP contribution >= 0.6 is 11.3 Å². The van der Waals surface area contributed by atoms with Crippen molar-refractivity contribution >= 4 is 28.8 Å². The molecule has 30 heavy (non-hydrogen) atoms. The number of aryl methyl sites for hydroxylation is 1. The second-order valence-corrected chi connectivity index (χ2v) is 8.15. The number of carbonyl (C=O) groups excluding carboxylic acids is 2.